The Kier molecular flexibility index (Phi) is 14.8. The molecule has 0 unspecified atom stereocenters. The van der Waals surface area contributed by atoms with E-state index in [9.17, 15) is 18.8 Å². The highest BCUT2D eigenvalue weighted by Gasteiger charge is 2.28. The number of hydrogen-bond acceptors (Lipinski definition) is 14. The molecule has 0 saturated carbocycles. The number of piperidine rings is 3. The molecule has 0 atom stereocenters. The fourth-order valence-corrected chi connectivity index (χ4v) is 6.14. The number of halogens is 1. The van der Waals surface area contributed by atoms with E-state index >= 15 is 0 Å². The van der Waals surface area contributed by atoms with E-state index in [1.165, 1.54) is 21.3 Å². The minimum Gasteiger partial charge on any atom is -0.469 e. The molecule has 3 aromatic heterocycles. The van der Waals surface area contributed by atoms with Crippen molar-refractivity contribution in [3.05, 3.63) is 60.1 Å². The lowest BCUT2D eigenvalue weighted by atomic mass is 9.97. The Morgan fingerprint density at radius 1 is 0.549 bits per heavy atom. The first-order valence-corrected chi connectivity index (χ1v) is 17.3. The predicted octanol–water partition coefficient (Wildman–Crippen LogP) is 3.96. The largest absolute Gasteiger partial charge is 0.469 e. The first-order valence-electron chi connectivity index (χ1n) is 17.3. The maximum Gasteiger partial charge on any atom is 0.308 e. The van der Waals surface area contributed by atoms with Crippen LogP contribution in [0.3, 0.4) is 0 Å². The molecule has 0 spiro atoms. The molecule has 3 aromatic rings. The number of esters is 3. The molecule has 0 aromatic carbocycles. The summed E-state index contributed by atoms with van der Waals surface area (Å²) < 4.78 is 26.9. The van der Waals surface area contributed by atoms with E-state index in [-0.39, 0.29) is 35.7 Å². The molecule has 276 valence electrons. The van der Waals surface area contributed by atoms with Crippen molar-refractivity contribution < 1.29 is 33.0 Å². The normalized spacial score (nSPS) is 16.9. The van der Waals surface area contributed by atoms with Crippen molar-refractivity contribution in [1.82, 2.24) is 24.9 Å². The highest BCUT2D eigenvalue weighted by Crippen LogP contribution is 2.24. The van der Waals surface area contributed by atoms with Crippen molar-refractivity contribution in [2.75, 3.05) is 75.3 Å². The molecule has 3 saturated heterocycles. The third-order valence-electron chi connectivity index (χ3n) is 9.25. The second kappa shape index (κ2) is 19.4. The van der Waals surface area contributed by atoms with E-state index in [1.807, 2.05) is 43.4 Å². The Balaban J connectivity index is 0.000000172. The van der Waals surface area contributed by atoms with Crippen LogP contribution in [0, 0.1) is 37.4 Å². The molecule has 0 radical (unpaired) electrons. The molecule has 6 heterocycles. The number of aromatic nitrogens is 5. The summed E-state index contributed by atoms with van der Waals surface area (Å²) in [4.78, 5) is 61.2. The lowest BCUT2D eigenvalue weighted by Crippen LogP contribution is -2.37. The summed E-state index contributed by atoms with van der Waals surface area (Å²) in [6.07, 6.45) is 12.5. The summed E-state index contributed by atoms with van der Waals surface area (Å²) in [5.41, 5.74) is 2.22. The maximum absolute atomic E-state index is 12.7. The Hall–Kier alpha value is -4.95. The summed E-state index contributed by atoms with van der Waals surface area (Å²) in [7, 11) is 4.30. The van der Waals surface area contributed by atoms with E-state index in [2.05, 4.69) is 40.8 Å². The van der Waals surface area contributed by atoms with Gasteiger partial charge in [-0.1, -0.05) is 6.07 Å². The maximum atomic E-state index is 12.7. The van der Waals surface area contributed by atoms with Crippen LogP contribution in [0.4, 0.5) is 22.1 Å². The number of nitrogens with zero attached hydrogens (tertiary/aromatic N) is 8. The second-order valence-corrected chi connectivity index (χ2v) is 12.8. The number of rotatable bonds is 6. The highest BCUT2D eigenvalue weighted by molar-refractivity contribution is 5.73. The fraction of sp³-hybridized carbons (Fsp3) is 0.556. The average molecular weight is 709 g/mol. The Bertz CT molecular complexity index is 1340. The minimum atomic E-state index is -0.446. The van der Waals surface area contributed by atoms with Crippen molar-refractivity contribution in [2.45, 2.75) is 52.4 Å². The Labute approximate surface area is 298 Å². The zero-order valence-corrected chi connectivity index (χ0v) is 30.2. The lowest BCUT2D eigenvalue weighted by molar-refractivity contribution is -0.146. The zero-order chi connectivity index (χ0) is 36.8. The molecule has 3 fully saturated rings. The monoisotopic (exact) mass is 708 g/mol. The second-order valence-electron chi connectivity index (χ2n) is 12.8. The van der Waals surface area contributed by atoms with Crippen LogP contribution >= 0.6 is 0 Å². The molecule has 0 amide bonds. The average Bonchev–Trinajstić information content (AvgIpc) is 3.18. The van der Waals surface area contributed by atoms with Crippen molar-refractivity contribution >= 4 is 35.6 Å². The Morgan fingerprint density at radius 2 is 0.902 bits per heavy atom. The molecular formula is C36H49FN8O6. The van der Waals surface area contributed by atoms with Gasteiger partial charge in [-0.15, -0.1) is 0 Å². The summed E-state index contributed by atoms with van der Waals surface area (Å²) in [6, 6.07) is 4.10. The Morgan fingerprint density at radius 3 is 1.25 bits per heavy atom. The van der Waals surface area contributed by atoms with Crippen LogP contribution in [-0.2, 0) is 28.6 Å². The van der Waals surface area contributed by atoms with Crippen LogP contribution < -0.4 is 14.7 Å². The number of carbonyl (C=O) groups excluding carboxylic acids is 3. The molecule has 3 aliphatic heterocycles. The summed E-state index contributed by atoms with van der Waals surface area (Å²) >= 11 is 0. The summed E-state index contributed by atoms with van der Waals surface area (Å²) in [5, 5.41) is 0. The number of pyridine rings is 1. The number of ether oxygens (including phenoxy) is 3. The van der Waals surface area contributed by atoms with E-state index in [1.54, 1.807) is 0 Å². The fourth-order valence-electron chi connectivity index (χ4n) is 6.14. The van der Waals surface area contributed by atoms with Gasteiger partial charge >= 0.3 is 17.9 Å². The summed E-state index contributed by atoms with van der Waals surface area (Å²) in [6.45, 7) is 8.72. The number of anilines is 3. The first-order chi connectivity index (χ1) is 24.6. The van der Waals surface area contributed by atoms with Crippen LogP contribution in [-0.4, -0.2) is 103 Å². The predicted molar refractivity (Wildman–Crippen MR) is 189 cm³/mol. The van der Waals surface area contributed by atoms with Gasteiger partial charge in [-0.3, -0.25) is 14.4 Å². The highest BCUT2D eigenvalue weighted by atomic mass is 19.1. The van der Waals surface area contributed by atoms with Gasteiger partial charge in [0.1, 0.15) is 5.82 Å². The van der Waals surface area contributed by atoms with Gasteiger partial charge in [0.05, 0.1) is 51.5 Å². The van der Waals surface area contributed by atoms with Crippen LogP contribution in [0.5, 0.6) is 0 Å². The van der Waals surface area contributed by atoms with E-state index in [0.29, 0.717) is 31.9 Å². The van der Waals surface area contributed by atoms with Gasteiger partial charge in [-0.2, -0.15) is 0 Å². The molecule has 51 heavy (non-hydrogen) atoms. The molecular weight excluding hydrogens is 659 g/mol. The number of methoxy groups -OCH3 is 3. The smallest absolute Gasteiger partial charge is 0.308 e. The molecule has 3 aliphatic rings. The van der Waals surface area contributed by atoms with Crippen molar-refractivity contribution in [3.63, 3.8) is 0 Å². The molecule has 0 bridgehead atoms. The number of aryl methyl sites for hydroxylation is 2. The summed E-state index contributed by atoms with van der Waals surface area (Å²) in [5.74, 6) is 1.51. The van der Waals surface area contributed by atoms with Crippen LogP contribution in [0.1, 0.15) is 49.7 Å². The van der Waals surface area contributed by atoms with Gasteiger partial charge < -0.3 is 28.9 Å². The molecule has 6 rings (SSSR count). The van der Waals surface area contributed by atoms with E-state index in [4.69, 9.17) is 14.2 Å². The lowest BCUT2D eigenvalue weighted by Gasteiger charge is -2.31. The van der Waals surface area contributed by atoms with Crippen molar-refractivity contribution in [1.29, 1.82) is 0 Å². The van der Waals surface area contributed by atoms with Gasteiger partial charge in [0.25, 0.3) is 0 Å². The van der Waals surface area contributed by atoms with Crippen molar-refractivity contribution in [2.24, 2.45) is 17.8 Å². The van der Waals surface area contributed by atoms with E-state index in [0.717, 1.165) is 87.1 Å². The van der Waals surface area contributed by atoms with Gasteiger partial charge in [0.2, 0.25) is 11.9 Å². The third-order valence-corrected chi connectivity index (χ3v) is 9.25. The van der Waals surface area contributed by atoms with Gasteiger partial charge in [-0.05, 0) is 69.6 Å². The topological polar surface area (TPSA) is 153 Å². The SMILES string of the molecule is COC(=O)C1CCN(c2ccc(C)cn2)CC1.COC(=O)C1CCN(c2ncc(C)cn2)CC1.COC(=O)C1CCN(c2ncc(F)cn2)CC1. The van der Waals surface area contributed by atoms with Crippen LogP contribution in [0.2, 0.25) is 0 Å². The number of hydrogen-bond donors (Lipinski definition) is 0. The van der Waals surface area contributed by atoms with Crippen LogP contribution in [0.25, 0.3) is 0 Å². The van der Waals surface area contributed by atoms with Crippen molar-refractivity contribution in [3.8, 4) is 0 Å². The van der Waals surface area contributed by atoms with Gasteiger partial charge in [0, 0.05) is 57.9 Å². The third kappa shape index (κ3) is 11.5. The molecule has 15 heteroatoms. The van der Waals surface area contributed by atoms with Crippen LogP contribution in [0.15, 0.2) is 43.1 Å². The first kappa shape index (κ1) is 38.8. The van der Waals surface area contributed by atoms with Gasteiger partial charge in [-0.25, -0.2) is 29.3 Å². The quantitative estimate of drug-likeness (QED) is 0.268. The zero-order valence-electron chi connectivity index (χ0n) is 30.2. The standard InChI is InChI=1S/C13H18N2O2.C12H17N3O2.C11H14FN3O2/c1-10-3-4-12(14-9-10)15-7-5-11(6-8-15)13(16)17-2;1-9-7-13-12(14-8-9)15-5-3-10(4-6-15)11(16)17-2;1-17-10(16)8-2-4-15(5-3-8)11-13-6-9(12)7-14-11/h3-4,9,11H,5-8H2,1-2H3;7-8,10H,3-6H2,1-2H3;6-8H,2-5H2,1H3. The minimum absolute atomic E-state index is 0.0294. The molecule has 14 nitrogen and oxygen atoms in total. The molecule has 0 N–H and O–H groups in total. The van der Waals surface area contributed by atoms with E-state index < -0.39 is 5.82 Å². The number of carbonyl (C=O) groups is 3. The molecule has 0 aliphatic carbocycles. The van der Waals surface area contributed by atoms with Gasteiger partial charge in [0.15, 0.2) is 5.82 Å².